The first-order valence-electron chi connectivity index (χ1n) is 9.80. The van der Waals surface area contributed by atoms with E-state index in [0.717, 1.165) is 45.9 Å². The Kier molecular flexibility index (Phi) is 6.52. The van der Waals surface area contributed by atoms with E-state index in [1.54, 1.807) is 0 Å². The van der Waals surface area contributed by atoms with Crippen LogP contribution in [0.2, 0.25) is 0 Å². The highest BCUT2D eigenvalue weighted by atomic mass is 19.4. The van der Waals surface area contributed by atoms with Crippen LogP contribution in [0.25, 0.3) is 5.69 Å². The molecule has 2 aromatic carbocycles. The SMILES string of the molecule is Cc1cc(C)c(NC(=O)CN(C)C(=O)c2nnn(-c3ccc(F)cc3)c2C(F)(F)F)c(C)c1. The zero-order valence-electron chi connectivity index (χ0n) is 18.3. The van der Waals surface area contributed by atoms with Crippen molar-refractivity contribution >= 4 is 17.5 Å². The Bertz CT molecular complexity index is 1180. The molecule has 7 nitrogen and oxygen atoms in total. The Morgan fingerprint density at radius 3 is 2.18 bits per heavy atom. The van der Waals surface area contributed by atoms with Crippen molar-refractivity contribution in [2.45, 2.75) is 26.9 Å². The van der Waals surface area contributed by atoms with Crippen molar-refractivity contribution in [3.8, 4) is 5.69 Å². The first-order chi connectivity index (χ1) is 15.4. The van der Waals surface area contributed by atoms with Gasteiger partial charge in [-0.25, -0.2) is 9.07 Å². The van der Waals surface area contributed by atoms with Gasteiger partial charge in [0.15, 0.2) is 11.4 Å². The molecule has 0 saturated carbocycles. The van der Waals surface area contributed by atoms with Gasteiger partial charge in [-0.3, -0.25) is 9.59 Å². The van der Waals surface area contributed by atoms with E-state index in [4.69, 9.17) is 0 Å². The van der Waals surface area contributed by atoms with Gasteiger partial charge in [0.1, 0.15) is 5.82 Å². The molecule has 2 amide bonds. The number of nitrogens with one attached hydrogen (secondary N) is 1. The first kappa shape index (κ1) is 23.9. The molecule has 0 radical (unpaired) electrons. The van der Waals surface area contributed by atoms with Gasteiger partial charge in [0, 0.05) is 12.7 Å². The maximum atomic E-state index is 13.8. The van der Waals surface area contributed by atoms with Crippen LogP contribution in [0.4, 0.5) is 23.2 Å². The molecule has 1 heterocycles. The van der Waals surface area contributed by atoms with Crippen LogP contribution in [-0.4, -0.2) is 45.3 Å². The molecule has 174 valence electrons. The molecule has 0 aliphatic rings. The van der Waals surface area contributed by atoms with E-state index in [1.807, 2.05) is 32.9 Å². The predicted molar refractivity (Wildman–Crippen MR) is 113 cm³/mol. The maximum absolute atomic E-state index is 13.8. The molecule has 0 unspecified atom stereocenters. The van der Waals surface area contributed by atoms with Crippen molar-refractivity contribution < 1.29 is 27.2 Å². The minimum Gasteiger partial charge on any atom is -0.331 e. The molecule has 0 spiro atoms. The number of hydrogen-bond donors (Lipinski definition) is 1. The van der Waals surface area contributed by atoms with Crippen LogP contribution < -0.4 is 5.32 Å². The Labute approximate surface area is 187 Å². The summed E-state index contributed by atoms with van der Waals surface area (Å²) in [4.78, 5) is 26.1. The molecule has 0 atom stereocenters. The van der Waals surface area contributed by atoms with Gasteiger partial charge in [0.2, 0.25) is 5.91 Å². The van der Waals surface area contributed by atoms with Gasteiger partial charge in [0.25, 0.3) is 5.91 Å². The fourth-order valence-corrected chi connectivity index (χ4v) is 3.47. The van der Waals surface area contributed by atoms with E-state index in [9.17, 15) is 27.2 Å². The number of aromatic nitrogens is 3. The standard InChI is InChI=1S/C22H21F4N5O2/c1-12-9-13(2)18(14(3)10-12)27-17(32)11-30(4)21(33)19-20(22(24,25)26)31(29-28-19)16-7-5-15(23)6-8-16/h5-10H,11H2,1-4H3,(H,27,32). The number of alkyl halides is 3. The Balaban J connectivity index is 1.84. The van der Waals surface area contributed by atoms with Crippen molar-refractivity contribution in [2.75, 3.05) is 18.9 Å². The van der Waals surface area contributed by atoms with E-state index in [2.05, 4.69) is 15.6 Å². The Hall–Kier alpha value is -3.76. The molecule has 33 heavy (non-hydrogen) atoms. The topological polar surface area (TPSA) is 80.1 Å². The summed E-state index contributed by atoms with van der Waals surface area (Å²) in [6.07, 6.45) is -4.98. The average Bonchev–Trinajstić information content (AvgIpc) is 3.16. The molecular formula is C22H21F4N5O2. The van der Waals surface area contributed by atoms with Crippen LogP contribution in [0.15, 0.2) is 36.4 Å². The number of nitrogens with zero attached hydrogens (tertiary/aromatic N) is 4. The number of rotatable bonds is 5. The summed E-state index contributed by atoms with van der Waals surface area (Å²) in [7, 11) is 1.19. The molecule has 3 aromatic rings. The number of hydrogen-bond acceptors (Lipinski definition) is 4. The summed E-state index contributed by atoms with van der Waals surface area (Å²) in [5.74, 6) is -2.36. The van der Waals surface area contributed by atoms with Gasteiger partial charge in [0.05, 0.1) is 12.2 Å². The second kappa shape index (κ2) is 9.00. The number of anilines is 1. The quantitative estimate of drug-likeness (QED) is 0.579. The van der Waals surface area contributed by atoms with Crippen LogP contribution in [0.1, 0.15) is 32.9 Å². The summed E-state index contributed by atoms with van der Waals surface area (Å²) in [5, 5.41) is 9.54. The van der Waals surface area contributed by atoms with Gasteiger partial charge < -0.3 is 10.2 Å². The summed E-state index contributed by atoms with van der Waals surface area (Å²) in [6, 6.07) is 7.84. The number of halogens is 4. The fourth-order valence-electron chi connectivity index (χ4n) is 3.47. The Morgan fingerprint density at radius 1 is 1.06 bits per heavy atom. The molecule has 0 aliphatic heterocycles. The molecule has 0 saturated heterocycles. The number of aryl methyl sites for hydroxylation is 3. The second-order valence-electron chi connectivity index (χ2n) is 7.66. The summed E-state index contributed by atoms with van der Waals surface area (Å²) < 4.78 is 54.9. The number of benzene rings is 2. The van der Waals surface area contributed by atoms with Gasteiger partial charge in [-0.15, -0.1) is 5.10 Å². The van der Waals surface area contributed by atoms with Crippen LogP contribution in [0, 0.1) is 26.6 Å². The maximum Gasteiger partial charge on any atom is 0.435 e. The van der Waals surface area contributed by atoms with Gasteiger partial charge >= 0.3 is 6.18 Å². The summed E-state index contributed by atoms with van der Waals surface area (Å²) in [5.41, 5.74) is 0.708. The smallest absolute Gasteiger partial charge is 0.331 e. The predicted octanol–water partition coefficient (Wildman–Crippen LogP) is 4.06. The molecule has 11 heteroatoms. The third-order valence-corrected chi connectivity index (χ3v) is 4.88. The third-order valence-electron chi connectivity index (χ3n) is 4.88. The molecule has 0 aliphatic carbocycles. The van der Waals surface area contributed by atoms with E-state index < -0.39 is 41.7 Å². The largest absolute Gasteiger partial charge is 0.435 e. The highest BCUT2D eigenvalue weighted by Gasteiger charge is 2.42. The lowest BCUT2D eigenvalue weighted by molar-refractivity contribution is -0.143. The molecule has 1 N–H and O–H groups in total. The van der Waals surface area contributed by atoms with E-state index in [-0.39, 0.29) is 5.69 Å². The summed E-state index contributed by atoms with van der Waals surface area (Å²) in [6.45, 7) is 5.03. The normalized spacial score (nSPS) is 11.4. The number of carbonyl (C=O) groups is 2. The zero-order chi connectivity index (χ0) is 24.5. The lowest BCUT2D eigenvalue weighted by Crippen LogP contribution is -2.36. The highest BCUT2D eigenvalue weighted by molar-refractivity contribution is 5.99. The summed E-state index contributed by atoms with van der Waals surface area (Å²) >= 11 is 0. The van der Waals surface area contributed by atoms with Crippen molar-refractivity contribution in [3.05, 3.63) is 70.3 Å². The van der Waals surface area contributed by atoms with Crippen LogP contribution in [0.5, 0.6) is 0 Å². The number of amides is 2. The average molecular weight is 463 g/mol. The number of likely N-dealkylation sites (N-methyl/N-ethyl adjacent to an activating group) is 1. The van der Waals surface area contributed by atoms with Crippen LogP contribution >= 0.6 is 0 Å². The number of carbonyl (C=O) groups excluding carboxylic acids is 2. The van der Waals surface area contributed by atoms with Crippen molar-refractivity contribution in [2.24, 2.45) is 0 Å². The zero-order valence-corrected chi connectivity index (χ0v) is 18.3. The van der Waals surface area contributed by atoms with Gasteiger partial charge in [-0.05, 0) is 56.2 Å². The fraction of sp³-hybridized carbons (Fsp3) is 0.273. The van der Waals surface area contributed by atoms with Gasteiger partial charge in [-0.2, -0.15) is 13.2 Å². The van der Waals surface area contributed by atoms with Crippen LogP contribution in [-0.2, 0) is 11.0 Å². The van der Waals surface area contributed by atoms with Crippen molar-refractivity contribution in [3.63, 3.8) is 0 Å². The third kappa shape index (κ3) is 5.18. The second-order valence-corrected chi connectivity index (χ2v) is 7.66. The Morgan fingerprint density at radius 2 is 1.64 bits per heavy atom. The molecular weight excluding hydrogens is 442 g/mol. The van der Waals surface area contributed by atoms with Crippen molar-refractivity contribution in [1.29, 1.82) is 0 Å². The van der Waals surface area contributed by atoms with E-state index in [1.165, 1.54) is 7.05 Å². The van der Waals surface area contributed by atoms with Crippen LogP contribution in [0.3, 0.4) is 0 Å². The monoisotopic (exact) mass is 463 g/mol. The molecule has 1 aromatic heterocycles. The van der Waals surface area contributed by atoms with Gasteiger partial charge in [-0.1, -0.05) is 22.9 Å². The lowest BCUT2D eigenvalue weighted by Gasteiger charge is -2.18. The lowest BCUT2D eigenvalue weighted by atomic mass is 10.1. The van der Waals surface area contributed by atoms with E-state index in [0.29, 0.717) is 10.4 Å². The molecule has 0 fully saturated rings. The minimum atomic E-state index is -4.98. The molecule has 3 rings (SSSR count). The van der Waals surface area contributed by atoms with Crippen molar-refractivity contribution in [1.82, 2.24) is 19.9 Å². The first-order valence-corrected chi connectivity index (χ1v) is 9.80. The highest BCUT2D eigenvalue weighted by Crippen LogP contribution is 2.33. The van der Waals surface area contributed by atoms with E-state index >= 15 is 0 Å². The molecule has 0 bridgehead atoms. The minimum absolute atomic E-state index is 0.124.